The van der Waals surface area contributed by atoms with E-state index in [0.29, 0.717) is 6.04 Å². The zero-order chi connectivity index (χ0) is 16.8. The Hall–Kier alpha value is -0.700. The molecule has 0 spiro atoms. The van der Waals surface area contributed by atoms with Crippen molar-refractivity contribution in [2.45, 2.75) is 44.3 Å². The number of rotatable bonds is 5. The quantitative estimate of drug-likeness (QED) is 0.609. The van der Waals surface area contributed by atoms with Crippen LogP contribution in [-0.2, 0) is 4.74 Å². The summed E-state index contributed by atoms with van der Waals surface area (Å²) in [6.07, 6.45) is 6.57. The third-order valence-electron chi connectivity index (χ3n) is 5.08. The molecule has 24 heavy (non-hydrogen) atoms. The molecule has 1 unspecified atom stereocenters. The van der Waals surface area contributed by atoms with Crippen molar-refractivity contribution in [3.63, 3.8) is 0 Å². The lowest BCUT2D eigenvalue weighted by Crippen LogP contribution is -2.56. The number of morpholine rings is 1. The minimum Gasteiger partial charge on any atom is -0.379 e. The Morgan fingerprint density at radius 1 is 1.25 bits per heavy atom. The van der Waals surface area contributed by atoms with Gasteiger partial charge in [0.15, 0.2) is 10.2 Å². The predicted molar refractivity (Wildman–Crippen MR) is 104 cm³/mol. The van der Waals surface area contributed by atoms with Crippen LogP contribution in [-0.4, -0.2) is 78.2 Å². The Morgan fingerprint density at radius 2 is 2.00 bits per heavy atom. The minimum atomic E-state index is 0.141. The highest BCUT2D eigenvalue weighted by Crippen LogP contribution is 2.18. The summed E-state index contributed by atoms with van der Waals surface area (Å²) < 4.78 is 5.44. The van der Waals surface area contributed by atoms with Crippen molar-refractivity contribution in [1.29, 1.82) is 0 Å². The summed E-state index contributed by atoms with van der Waals surface area (Å²) in [5, 5.41) is 11.7. The molecule has 3 rings (SSSR count). The van der Waals surface area contributed by atoms with E-state index in [1.165, 1.54) is 32.1 Å². The first kappa shape index (κ1) is 18.1. The van der Waals surface area contributed by atoms with Crippen molar-refractivity contribution in [3.8, 4) is 0 Å². The largest absolute Gasteiger partial charge is 0.379 e. The van der Waals surface area contributed by atoms with E-state index in [4.69, 9.17) is 29.2 Å². The van der Waals surface area contributed by atoms with E-state index in [-0.39, 0.29) is 6.17 Å². The van der Waals surface area contributed by atoms with Crippen molar-refractivity contribution in [2.75, 3.05) is 45.9 Å². The van der Waals surface area contributed by atoms with E-state index in [1.54, 1.807) is 0 Å². The van der Waals surface area contributed by atoms with Gasteiger partial charge in [-0.1, -0.05) is 19.3 Å². The van der Waals surface area contributed by atoms with Crippen LogP contribution in [0.1, 0.15) is 32.1 Å². The Morgan fingerprint density at radius 3 is 2.67 bits per heavy atom. The molecule has 8 heteroatoms. The third kappa shape index (κ3) is 5.15. The number of hydrogen-bond acceptors (Lipinski definition) is 4. The zero-order valence-corrected chi connectivity index (χ0v) is 15.9. The average molecular weight is 372 g/mol. The standard InChI is InChI=1S/C16H29N5OS2/c23-15-17-12-14(19-15)21(7-6-20-8-10-22-11-9-20)16(24)18-13-4-2-1-3-5-13/h13-14H,1-12H2,(H,18,24)(H2,17,19,23). The second kappa shape index (κ2) is 9.12. The van der Waals surface area contributed by atoms with E-state index in [9.17, 15) is 0 Å². The van der Waals surface area contributed by atoms with E-state index in [1.807, 2.05) is 0 Å². The van der Waals surface area contributed by atoms with Gasteiger partial charge in [0, 0.05) is 32.2 Å². The number of thiocarbonyl (C=S) groups is 2. The van der Waals surface area contributed by atoms with Crippen molar-refractivity contribution in [3.05, 3.63) is 0 Å². The highest BCUT2D eigenvalue weighted by atomic mass is 32.1. The molecule has 0 radical (unpaired) electrons. The van der Waals surface area contributed by atoms with Crippen LogP contribution in [0.15, 0.2) is 0 Å². The molecule has 0 bridgehead atoms. The van der Waals surface area contributed by atoms with Crippen molar-refractivity contribution in [2.24, 2.45) is 0 Å². The van der Waals surface area contributed by atoms with E-state index in [2.05, 4.69) is 25.8 Å². The molecule has 136 valence electrons. The monoisotopic (exact) mass is 371 g/mol. The summed E-state index contributed by atoms with van der Waals surface area (Å²) in [6, 6.07) is 0.526. The van der Waals surface area contributed by atoms with Crippen molar-refractivity contribution < 1.29 is 4.74 Å². The van der Waals surface area contributed by atoms with Gasteiger partial charge in [-0.3, -0.25) is 4.90 Å². The van der Waals surface area contributed by atoms with Crippen LogP contribution >= 0.6 is 24.4 Å². The average Bonchev–Trinajstić information content (AvgIpc) is 3.03. The molecule has 2 saturated heterocycles. The molecule has 2 aliphatic heterocycles. The van der Waals surface area contributed by atoms with Crippen molar-refractivity contribution >= 4 is 34.7 Å². The summed E-state index contributed by atoms with van der Waals surface area (Å²) in [7, 11) is 0. The molecule has 0 amide bonds. The second-order valence-corrected chi connectivity index (χ2v) is 7.60. The van der Waals surface area contributed by atoms with Crippen LogP contribution in [0.4, 0.5) is 0 Å². The maximum atomic E-state index is 5.76. The molecule has 2 heterocycles. The Balaban J connectivity index is 1.55. The smallest absolute Gasteiger partial charge is 0.170 e. The molecule has 3 N–H and O–H groups in total. The topological polar surface area (TPSA) is 51.8 Å². The highest BCUT2D eigenvalue weighted by Gasteiger charge is 2.28. The van der Waals surface area contributed by atoms with Gasteiger partial charge in [-0.05, 0) is 37.3 Å². The van der Waals surface area contributed by atoms with Gasteiger partial charge in [0.1, 0.15) is 6.17 Å². The first-order valence-electron chi connectivity index (χ1n) is 9.14. The Kier molecular flexibility index (Phi) is 6.88. The number of nitrogens with zero attached hydrogens (tertiary/aromatic N) is 2. The summed E-state index contributed by atoms with van der Waals surface area (Å²) >= 11 is 11.0. The first-order chi connectivity index (χ1) is 11.7. The number of hydrogen-bond donors (Lipinski definition) is 3. The maximum absolute atomic E-state index is 5.76. The molecule has 0 aromatic rings. The lowest BCUT2D eigenvalue weighted by molar-refractivity contribution is 0.0347. The van der Waals surface area contributed by atoms with Gasteiger partial charge >= 0.3 is 0 Å². The Bertz CT molecular complexity index is 438. The van der Waals surface area contributed by atoms with Gasteiger partial charge in [0.25, 0.3) is 0 Å². The molecule has 1 aliphatic carbocycles. The van der Waals surface area contributed by atoms with Crippen molar-refractivity contribution in [1.82, 2.24) is 25.8 Å². The number of ether oxygens (including phenoxy) is 1. The summed E-state index contributed by atoms with van der Waals surface area (Å²) in [5.41, 5.74) is 0. The van der Waals surface area contributed by atoms with Gasteiger partial charge < -0.3 is 25.6 Å². The summed E-state index contributed by atoms with van der Waals surface area (Å²) in [6.45, 7) is 6.38. The van der Waals surface area contributed by atoms with Crippen LogP contribution in [0.5, 0.6) is 0 Å². The SMILES string of the molecule is S=C1NCC(N(CCN2CCOCC2)C(=S)NC2CCCCC2)N1. The molecular formula is C16H29N5OS2. The molecule has 1 atom stereocenters. The highest BCUT2D eigenvalue weighted by molar-refractivity contribution is 7.80. The zero-order valence-electron chi connectivity index (χ0n) is 14.3. The molecule has 1 saturated carbocycles. The summed E-state index contributed by atoms with van der Waals surface area (Å²) in [4.78, 5) is 4.71. The fourth-order valence-corrected chi connectivity index (χ4v) is 4.21. The van der Waals surface area contributed by atoms with E-state index < -0.39 is 0 Å². The van der Waals surface area contributed by atoms with Gasteiger partial charge in [0.2, 0.25) is 0 Å². The van der Waals surface area contributed by atoms with Crippen LogP contribution in [0.25, 0.3) is 0 Å². The first-order valence-corrected chi connectivity index (χ1v) is 9.95. The second-order valence-electron chi connectivity index (χ2n) is 6.80. The molecular weight excluding hydrogens is 342 g/mol. The third-order valence-corrected chi connectivity index (χ3v) is 5.70. The fourth-order valence-electron chi connectivity index (χ4n) is 3.61. The van der Waals surface area contributed by atoms with Crippen LogP contribution in [0.3, 0.4) is 0 Å². The molecule has 3 aliphatic rings. The fraction of sp³-hybridized carbons (Fsp3) is 0.875. The maximum Gasteiger partial charge on any atom is 0.170 e. The normalized spacial score (nSPS) is 25.8. The van der Waals surface area contributed by atoms with Gasteiger partial charge in [-0.25, -0.2) is 0 Å². The molecule has 0 aromatic heterocycles. The lowest BCUT2D eigenvalue weighted by atomic mass is 9.96. The number of nitrogens with one attached hydrogen (secondary N) is 3. The molecule has 6 nitrogen and oxygen atoms in total. The molecule has 3 fully saturated rings. The van der Waals surface area contributed by atoms with Crippen LogP contribution < -0.4 is 16.0 Å². The van der Waals surface area contributed by atoms with Gasteiger partial charge in [0.05, 0.1) is 19.8 Å². The summed E-state index contributed by atoms with van der Waals surface area (Å²) in [5.74, 6) is 0. The van der Waals surface area contributed by atoms with Crippen LogP contribution in [0, 0.1) is 0 Å². The molecule has 0 aromatic carbocycles. The van der Waals surface area contributed by atoms with Gasteiger partial charge in [-0.15, -0.1) is 0 Å². The Labute approximate surface area is 155 Å². The predicted octanol–water partition coefficient (Wildman–Crippen LogP) is 0.632. The lowest BCUT2D eigenvalue weighted by Gasteiger charge is -2.36. The van der Waals surface area contributed by atoms with E-state index in [0.717, 1.165) is 56.2 Å². The van der Waals surface area contributed by atoms with Crippen LogP contribution in [0.2, 0.25) is 0 Å². The van der Waals surface area contributed by atoms with Gasteiger partial charge in [-0.2, -0.15) is 0 Å². The van der Waals surface area contributed by atoms with E-state index >= 15 is 0 Å². The minimum absolute atomic E-state index is 0.141.